The average molecular weight is 437 g/mol. The molecule has 0 fully saturated rings. The first-order valence-electron chi connectivity index (χ1n) is 10.6. The molecule has 0 bridgehead atoms. The third-order valence-electron chi connectivity index (χ3n) is 5.08. The molecule has 164 valence electrons. The summed E-state index contributed by atoms with van der Waals surface area (Å²) >= 11 is 0. The van der Waals surface area contributed by atoms with Gasteiger partial charge < -0.3 is 16.0 Å². The van der Waals surface area contributed by atoms with Gasteiger partial charge in [-0.05, 0) is 48.9 Å². The zero-order valence-electron chi connectivity index (χ0n) is 17.8. The van der Waals surface area contributed by atoms with Gasteiger partial charge >= 0.3 is 0 Å². The predicted molar refractivity (Wildman–Crippen MR) is 129 cm³/mol. The monoisotopic (exact) mass is 437 g/mol. The van der Waals surface area contributed by atoms with E-state index in [2.05, 4.69) is 16.0 Å². The minimum Gasteiger partial charge on any atom is -0.346 e. The highest BCUT2D eigenvalue weighted by atomic mass is 16.2. The van der Waals surface area contributed by atoms with Gasteiger partial charge in [0.2, 0.25) is 0 Å². The molecule has 1 aliphatic carbocycles. The fourth-order valence-electron chi connectivity index (χ4n) is 3.41. The van der Waals surface area contributed by atoms with E-state index in [9.17, 15) is 14.4 Å². The number of carbonyl (C=O) groups is 3. The molecule has 0 radical (unpaired) electrons. The highest BCUT2D eigenvalue weighted by molar-refractivity contribution is 6.11. The van der Waals surface area contributed by atoms with Crippen LogP contribution < -0.4 is 16.0 Å². The lowest BCUT2D eigenvalue weighted by Crippen LogP contribution is -2.34. The van der Waals surface area contributed by atoms with Gasteiger partial charge in [0.05, 0.1) is 6.04 Å². The Hall–Kier alpha value is -4.45. The minimum atomic E-state index is -0.412. The molecule has 6 heteroatoms. The van der Waals surface area contributed by atoms with Crippen LogP contribution in [0.4, 0.5) is 11.4 Å². The number of rotatable bonds is 6. The number of allylic oxidation sites excluding steroid dienone is 2. The van der Waals surface area contributed by atoms with Crippen LogP contribution in [0.25, 0.3) is 0 Å². The second-order valence-electron chi connectivity index (χ2n) is 7.57. The SMILES string of the molecule is O=C(Nc1ccccc1)c1cc(C(=O)Nc2ccccc2)cc(C(=O)NC2C=CC=CC2)c1. The summed E-state index contributed by atoms with van der Waals surface area (Å²) in [5, 5.41) is 8.52. The summed E-state index contributed by atoms with van der Waals surface area (Å²) < 4.78 is 0. The van der Waals surface area contributed by atoms with E-state index < -0.39 is 11.8 Å². The largest absolute Gasteiger partial charge is 0.346 e. The summed E-state index contributed by atoms with van der Waals surface area (Å²) in [6, 6.07) is 22.3. The smallest absolute Gasteiger partial charge is 0.255 e. The summed E-state index contributed by atoms with van der Waals surface area (Å²) in [7, 11) is 0. The van der Waals surface area contributed by atoms with Crippen LogP contribution >= 0.6 is 0 Å². The van der Waals surface area contributed by atoms with Crippen molar-refractivity contribution in [1.29, 1.82) is 0 Å². The maximum atomic E-state index is 12.9. The number of carbonyl (C=O) groups excluding carboxylic acids is 3. The summed E-state index contributed by atoms with van der Waals surface area (Å²) in [5.74, 6) is -1.18. The van der Waals surface area contributed by atoms with E-state index >= 15 is 0 Å². The molecule has 4 rings (SSSR count). The van der Waals surface area contributed by atoms with Crippen LogP contribution in [0.5, 0.6) is 0 Å². The normalized spacial score (nSPS) is 14.4. The first-order chi connectivity index (χ1) is 16.1. The molecule has 6 nitrogen and oxygen atoms in total. The molecule has 0 heterocycles. The molecule has 0 saturated carbocycles. The second-order valence-corrected chi connectivity index (χ2v) is 7.57. The van der Waals surface area contributed by atoms with Crippen molar-refractivity contribution in [2.45, 2.75) is 12.5 Å². The molecule has 1 unspecified atom stereocenters. The molecule has 1 aliphatic rings. The zero-order valence-corrected chi connectivity index (χ0v) is 17.8. The molecule has 3 amide bonds. The van der Waals surface area contributed by atoms with Crippen LogP contribution in [0.2, 0.25) is 0 Å². The molecular weight excluding hydrogens is 414 g/mol. The lowest BCUT2D eigenvalue weighted by molar-refractivity contribution is 0.0944. The predicted octanol–water partition coefficient (Wildman–Crippen LogP) is 4.81. The van der Waals surface area contributed by atoms with E-state index in [0.29, 0.717) is 17.8 Å². The molecule has 0 aliphatic heterocycles. The van der Waals surface area contributed by atoms with Gasteiger partial charge in [0.25, 0.3) is 17.7 Å². The topological polar surface area (TPSA) is 87.3 Å². The molecule has 0 spiro atoms. The van der Waals surface area contributed by atoms with Crippen molar-refractivity contribution in [3.63, 3.8) is 0 Å². The number of nitrogens with one attached hydrogen (secondary N) is 3. The number of hydrogen-bond acceptors (Lipinski definition) is 3. The molecule has 3 aromatic rings. The zero-order chi connectivity index (χ0) is 23.0. The standard InChI is InChI=1S/C27H23N3O3/c31-25(28-22-10-4-1-5-11-22)19-16-20(26(32)29-23-12-6-2-7-13-23)18-21(17-19)27(33)30-24-14-8-3-9-15-24/h1-14,16-18,24H,15H2,(H,28,31)(H,29,32)(H,30,33). The van der Waals surface area contributed by atoms with Gasteiger partial charge in [-0.1, -0.05) is 60.7 Å². The van der Waals surface area contributed by atoms with E-state index in [-0.39, 0.29) is 28.6 Å². The molecular formula is C27H23N3O3. The van der Waals surface area contributed by atoms with E-state index in [1.807, 2.05) is 60.7 Å². The maximum Gasteiger partial charge on any atom is 0.255 e. The van der Waals surface area contributed by atoms with Crippen molar-refractivity contribution in [1.82, 2.24) is 5.32 Å². The van der Waals surface area contributed by atoms with E-state index in [4.69, 9.17) is 0 Å². The Morgan fingerprint density at radius 1 is 0.636 bits per heavy atom. The minimum absolute atomic E-state index is 0.147. The van der Waals surface area contributed by atoms with E-state index in [0.717, 1.165) is 0 Å². The second kappa shape index (κ2) is 10.2. The Kier molecular flexibility index (Phi) is 6.75. The van der Waals surface area contributed by atoms with Crippen LogP contribution in [0.3, 0.4) is 0 Å². The van der Waals surface area contributed by atoms with Gasteiger partial charge in [-0.3, -0.25) is 14.4 Å². The van der Waals surface area contributed by atoms with E-state index in [1.54, 1.807) is 24.3 Å². The lowest BCUT2D eigenvalue weighted by atomic mass is 10.0. The average Bonchev–Trinajstić information content (AvgIpc) is 2.85. The Morgan fingerprint density at radius 3 is 1.58 bits per heavy atom. The number of benzene rings is 3. The molecule has 0 aromatic heterocycles. The van der Waals surface area contributed by atoms with Crippen molar-refractivity contribution >= 4 is 29.1 Å². The van der Waals surface area contributed by atoms with Gasteiger partial charge in [0.15, 0.2) is 0 Å². The van der Waals surface area contributed by atoms with Crippen molar-refractivity contribution in [3.05, 3.63) is 120 Å². The maximum absolute atomic E-state index is 12.9. The van der Waals surface area contributed by atoms with Crippen LogP contribution in [-0.2, 0) is 0 Å². The van der Waals surface area contributed by atoms with Crippen molar-refractivity contribution in [2.24, 2.45) is 0 Å². The number of hydrogen-bond donors (Lipinski definition) is 3. The number of anilines is 2. The first kappa shape index (κ1) is 21.8. The summed E-state index contributed by atoms with van der Waals surface area (Å²) in [6.07, 6.45) is 8.33. The van der Waals surface area contributed by atoms with Gasteiger partial charge in [-0.15, -0.1) is 0 Å². The first-order valence-corrected chi connectivity index (χ1v) is 10.6. The fourth-order valence-corrected chi connectivity index (χ4v) is 3.41. The van der Waals surface area contributed by atoms with Crippen molar-refractivity contribution in [3.8, 4) is 0 Å². The molecule has 1 atom stereocenters. The van der Waals surface area contributed by atoms with Crippen LogP contribution in [0.15, 0.2) is 103 Å². The quantitative estimate of drug-likeness (QED) is 0.517. The van der Waals surface area contributed by atoms with Gasteiger partial charge in [-0.2, -0.15) is 0 Å². The summed E-state index contributed by atoms with van der Waals surface area (Å²) in [5.41, 5.74) is 1.89. The van der Waals surface area contributed by atoms with Crippen molar-refractivity contribution in [2.75, 3.05) is 10.6 Å². The summed E-state index contributed by atoms with van der Waals surface area (Å²) in [4.78, 5) is 38.8. The highest BCUT2D eigenvalue weighted by Crippen LogP contribution is 2.17. The van der Waals surface area contributed by atoms with Gasteiger partial charge in [0.1, 0.15) is 0 Å². The van der Waals surface area contributed by atoms with Crippen LogP contribution in [0, 0.1) is 0 Å². The number of para-hydroxylation sites is 2. The Labute approximate surface area is 192 Å². The van der Waals surface area contributed by atoms with Gasteiger partial charge in [-0.25, -0.2) is 0 Å². The third-order valence-corrected chi connectivity index (χ3v) is 5.08. The fraction of sp³-hybridized carbons (Fsp3) is 0.0741. The highest BCUT2D eigenvalue weighted by Gasteiger charge is 2.18. The molecule has 3 N–H and O–H groups in total. The molecule has 3 aromatic carbocycles. The van der Waals surface area contributed by atoms with Gasteiger partial charge in [0, 0.05) is 28.1 Å². The summed E-state index contributed by atoms with van der Waals surface area (Å²) in [6.45, 7) is 0. The Balaban J connectivity index is 1.62. The van der Waals surface area contributed by atoms with E-state index in [1.165, 1.54) is 18.2 Å². The van der Waals surface area contributed by atoms with Crippen LogP contribution in [-0.4, -0.2) is 23.8 Å². The molecule has 0 saturated heterocycles. The third kappa shape index (κ3) is 5.83. The molecule has 33 heavy (non-hydrogen) atoms. The number of amides is 3. The Bertz CT molecular complexity index is 1150. The van der Waals surface area contributed by atoms with Crippen molar-refractivity contribution < 1.29 is 14.4 Å². The van der Waals surface area contributed by atoms with Crippen LogP contribution in [0.1, 0.15) is 37.5 Å². The Morgan fingerprint density at radius 2 is 1.12 bits per heavy atom. The lowest BCUT2D eigenvalue weighted by Gasteiger charge is -2.16.